The van der Waals surface area contributed by atoms with Gasteiger partial charge in [0.05, 0.1) is 10.6 Å². The molecule has 0 fully saturated rings. The average molecular weight is 600 g/mol. The number of carbonyl (C=O) groups is 3. The third-order valence-electron chi connectivity index (χ3n) is 5.98. The van der Waals surface area contributed by atoms with E-state index >= 15 is 0 Å². The van der Waals surface area contributed by atoms with Gasteiger partial charge in [-0.2, -0.15) is 0 Å². The molecule has 0 atom stereocenters. The second kappa shape index (κ2) is 12.0. The van der Waals surface area contributed by atoms with Crippen molar-refractivity contribution in [2.24, 2.45) is 0 Å². The van der Waals surface area contributed by atoms with Crippen molar-refractivity contribution in [3.8, 4) is 0 Å². The fraction of sp³-hybridized carbons (Fsp3) is 0.107. The molecule has 0 heterocycles. The van der Waals surface area contributed by atoms with Crippen molar-refractivity contribution < 1.29 is 27.9 Å². The number of nitrogens with zero attached hydrogens (tertiary/aromatic N) is 1. The van der Waals surface area contributed by atoms with Crippen LogP contribution in [-0.4, -0.2) is 44.9 Å². The van der Waals surface area contributed by atoms with Crippen LogP contribution < -0.4 is 14.9 Å². The van der Waals surface area contributed by atoms with Gasteiger partial charge in [0.1, 0.15) is 6.54 Å². The van der Waals surface area contributed by atoms with Crippen molar-refractivity contribution in [3.63, 3.8) is 0 Å². The number of carbonyl (C=O) groups excluding carboxylic acids is 2. The number of anilines is 1. The van der Waals surface area contributed by atoms with E-state index in [1.54, 1.807) is 48.5 Å². The van der Waals surface area contributed by atoms with Crippen molar-refractivity contribution in [2.45, 2.75) is 11.4 Å². The molecule has 0 aliphatic carbocycles. The second-order valence-electron chi connectivity index (χ2n) is 8.65. The third-order valence-corrected chi connectivity index (χ3v) is 8.16. The highest BCUT2D eigenvalue weighted by atomic mass is 35.5. The van der Waals surface area contributed by atoms with E-state index in [2.05, 4.69) is 10.6 Å². The SMILES string of the molecule is CNC(=O)c1cccc(CNC(=O)c2cccc3c(N(CC(=O)O)S(=O)(=O)c4cc(Cl)cc(Cl)c4)cccc23)c1. The predicted octanol–water partition coefficient (Wildman–Crippen LogP) is 4.72. The van der Waals surface area contributed by atoms with Crippen molar-refractivity contribution >= 4 is 67.5 Å². The summed E-state index contributed by atoms with van der Waals surface area (Å²) in [5.74, 6) is -2.08. The van der Waals surface area contributed by atoms with Gasteiger partial charge in [0.25, 0.3) is 21.8 Å². The highest BCUT2D eigenvalue weighted by Gasteiger charge is 2.29. The maximum absolute atomic E-state index is 13.6. The molecule has 12 heteroatoms. The van der Waals surface area contributed by atoms with Gasteiger partial charge in [0, 0.05) is 40.2 Å². The molecule has 0 unspecified atom stereocenters. The van der Waals surface area contributed by atoms with E-state index in [1.165, 1.54) is 37.4 Å². The van der Waals surface area contributed by atoms with E-state index in [-0.39, 0.29) is 38.6 Å². The number of halogens is 2. The predicted molar refractivity (Wildman–Crippen MR) is 154 cm³/mol. The summed E-state index contributed by atoms with van der Waals surface area (Å²) in [7, 11) is -2.90. The Hall–Kier alpha value is -4.12. The van der Waals surface area contributed by atoms with Gasteiger partial charge in [-0.15, -0.1) is 0 Å². The molecule has 3 N–H and O–H groups in total. The van der Waals surface area contributed by atoms with Gasteiger partial charge in [0.15, 0.2) is 0 Å². The van der Waals surface area contributed by atoms with Crippen LogP contribution in [0.2, 0.25) is 10.0 Å². The quantitative estimate of drug-likeness (QED) is 0.255. The molecule has 40 heavy (non-hydrogen) atoms. The Morgan fingerprint density at radius 2 is 1.50 bits per heavy atom. The zero-order valence-electron chi connectivity index (χ0n) is 21.0. The standard InChI is InChI=1S/C28H23Cl2N3O6S/c1-31-27(36)18-6-2-5-17(11-18)15-32-28(37)24-9-3-8-23-22(24)7-4-10-25(23)33(16-26(34)35)40(38,39)21-13-19(29)12-20(30)14-21/h2-14H,15-16H2,1H3,(H,31,36)(H,32,37)(H,34,35). The minimum atomic E-state index is -4.43. The van der Waals surface area contributed by atoms with Gasteiger partial charge in [0.2, 0.25) is 0 Å². The summed E-state index contributed by atoms with van der Waals surface area (Å²) in [6.45, 7) is -0.752. The molecule has 4 rings (SSSR count). The summed E-state index contributed by atoms with van der Waals surface area (Å²) in [5, 5.41) is 15.8. The molecule has 0 saturated carbocycles. The minimum Gasteiger partial charge on any atom is -0.480 e. The summed E-state index contributed by atoms with van der Waals surface area (Å²) in [6, 6.07) is 19.9. The van der Waals surface area contributed by atoms with E-state index in [4.69, 9.17) is 23.2 Å². The lowest BCUT2D eigenvalue weighted by Gasteiger charge is -2.25. The molecule has 4 aromatic carbocycles. The number of fused-ring (bicyclic) bond motifs is 1. The van der Waals surface area contributed by atoms with Gasteiger partial charge >= 0.3 is 5.97 Å². The number of amides is 2. The Labute approximate surface area is 240 Å². The van der Waals surface area contributed by atoms with Crippen molar-refractivity contribution in [1.29, 1.82) is 0 Å². The Kier molecular flexibility index (Phi) is 8.63. The van der Waals surface area contributed by atoms with Gasteiger partial charge in [-0.05, 0) is 53.4 Å². The largest absolute Gasteiger partial charge is 0.480 e. The highest BCUT2D eigenvalue weighted by molar-refractivity contribution is 7.93. The smallest absolute Gasteiger partial charge is 0.324 e. The molecule has 206 valence electrons. The maximum Gasteiger partial charge on any atom is 0.324 e. The number of hydrogen-bond donors (Lipinski definition) is 3. The number of carboxylic acid groups (broad SMARTS) is 1. The van der Waals surface area contributed by atoms with E-state index in [0.29, 0.717) is 21.9 Å². The van der Waals surface area contributed by atoms with Crippen LogP contribution in [0, 0.1) is 0 Å². The number of rotatable bonds is 9. The maximum atomic E-state index is 13.6. The summed E-state index contributed by atoms with van der Waals surface area (Å²) >= 11 is 12.0. The zero-order valence-corrected chi connectivity index (χ0v) is 23.3. The lowest BCUT2D eigenvalue weighted by Crippen LogP contribution is -2.36. The summed E-state index contributed by atoms with van der Waals surface area (Å²) in [4.78, 5) is 36.6. The number of benzene rings is 4. The van der Waals surface area contributed by atoms with Gasteiger partial charge in [-0.25, -0.2) is 8.42 Å². The molecule has 0 bridgehead atoms. The van der Waals surface area contributed by atoms with E-state index in [1.807, 2.05) is 0 Å². The number of nitrogens with one attached hydrogen (secondary N) is 2. The Balaban J connectivity index is 1.72. The fourth-order valence-electron chi connectivity index (χ4n) is 4.18. The molecule has 0 spiro atoms. The first-order chi connectivity index (χ1) is 19.0. The minimum absolute atomic E-state index is 0.0592. The first-order valence-electron chi connectivity index (χ1n) is 11.8. The van der Waals surface area contributed by atoms with Crippen LogP contribution in [-0.2, 0) is 21.4 Å². The number of aliphatic carboxylic acids is 1. The number of carboxylic acids is 1. The van der Waals surface area contributed by atoms with Crippen molar-refractivity contribution in [2.75, 3.05) is 17.9 Å². The molecule has 0 aliphatic rings. The number of sulfonamides is 1. The first-order valence-corrected chi connectivity index (χ1v) is 14.0. The van der Waals surface area contributed by atoms with Crippen LogP contribution in [0.3, 0.4) is 0 Å². The van der Waals surface area contributed by atoms with Crippen molar-refractivity contribution in [3.05, 3.63) is 106 Å². The molecule has 2 amide bonds. The zero-order chi connectivity index (χ0) is 29.0. The molecule has 0 aliphatic heterocycles. The normalized spacial score (nSPS) is 11.2. The summed E-state index contributed by atoms with van der Waals surface area (Å²) in [6.07, 6.45) is 0. The summed E-state index contributed by atoms with van der Waals surface area (Å²) in [5.41, 5.74) is 1.46. The van der Waals surface area contributed by atoms with E-state index < -0.39 is 28.4 Å². The Morgan fingerprint density at radius 1 is 0.850 bits per heavy atom. The average Bonchev–Trinajstić information content (AvgIpc) is 2.93. The monoisotopic (exact) mass is 599 g/mol. The van der Waals surface area contributed by atoms with Crippen LogP contribution >= 0.6 is 23.2 Å². The molecular formula is C28H23Cl2N3O6S. The van der Waals surface area contributed by atoms with E-state index in [9.17, 15) is 27.9 Å². The van der Waals surface area contributed by atoms with Gasteiger partial charge in [-0.1, -0.05) is 59.6 Å². The van der Waals surface area contributed by atoms with Gasteiger partial charge < -0.3 is 15.7 Å². The molecular weight excluding hydrogens is 577 g/mol. The molecule has 0 aromatic heterocycles. The lowest BCUT2D eigenvalue weighted by atomic mass is 10.0. The molecule has 4 aromatic rings. The van der Waals surface area contributed by atoms with Crippen LogP contribution in [0.15, 0.2) is 83.8 Å². The van der Waals surface area contributed by atoms with Crippen LogP contribution in [0.5, 0.6) is 0 Å². The van der Waals surface area contributed by atoms with Gasteiger partial charge in [-0.3, -0.25) is 18.7 Å². The lowest BCUT2D eigenvalue weighted by molar-refractivity contribution is -0.135. The number of hydrogen-bond acceptors (Lipinski definition) is 5. The second-order valence-corrected chi connectivity index (χ2v) is 11.4. The first kappa shape index (κ1) is 28.9. The van der Waals surface area contributed by atoms with Crippen LogP contribution in [0.1, 0.15) is 26.3 Å². The van der Waals surface area contributed by atoms with Crippen molar-refractivity contribution in [1.82, 2.24) is 10.6 Å². The fourth-order valence-corrected chi connectivity index (χ4v) is 6.34. The molecule has 9 nitrogen and oxygen atoms in total. The topological polar surface area (TPSA) is 133 Å². The third kappa shape index (κ3) is 6.20. The Morgan fingerprint density at radius 3 is 2.17 bits per heavy atom. The van der Waals surface area contributed by atoms with Crippen LogP contribution in [0.25, 0.3) is 10.8 Å². The van der Waals surface area contributed by atoms with E-state index in [0.717, 1.165) is 4.31 Å². The molecule has 0 radical (unpaired) electrons. The van der Waals surface area contributed by atoms with Crippen LogP contribution in [0.4, 0.5) is 5.69 Å². The molecule has 0 saturated heterocycles. The Bertz CT molecular complexity index is 1720. The highest BCUT2D eigenvalue weighted by Crippen LogP contribution is 2.34. The summed E-state index contributed by atoms with van der Waals surface area (Å²) < 4.78 is 28.0.